The van der Waals surface area contributed by atoms with Crippen molar-refractivity contribution in [3.8, 4) is 5.75 Å². The Morgan fingerprint density at radius 1 is 1.00 bits per heavy atom. The highest BCUT2D eigenvalue weighted by Crippen LogP contribution is 2.48. The maximum Gasteiger partial charge on any atom is 0.416 e. The number of aliphatic carboxylic acids is 1. The first-order valence-corrected chi connectivity index (χ1v) is 11.2. The van der Waals surface area contributed by atoms with E-state index in [1.54, 1.807) is 18.2 Å². The lowest BCUT2D eigenvalue weighted by Gasteiger charge is -2.35. The number of hydrogen-bond acceptors (Lipinski definition) is 3. The summed E-state index contributed by atoms with van der Waals surface area (Å²) < 4.78 is 5.57. The van der Waals surface area contributed by atoms with E-state index in [4.69, 9.17) is 9.84 Å². The van der Waals surface area contributed by atoms with Gasteiger partial charge in [0, 0.05) is 5.92 Å². The molecule has 4 rings (SSSR count). The molecule has 0 heterocycles. The summed E-state index contributed by atoms with van der Waals surface area (Å²) in [7, 11) is 0. The number of ether oxygens (including phenoxy) is 1. The molecule has 174 valence electrons. The normalized spacial score (nSPS) is 15.8. The van der Waals surface area contributed by atoms with Gasteiger partial charge < -0.3 is 14.9 Å². The molecule has 0 saturated heterocycles. The first kappa shape index (κ1) is 23.1. The summed E-state index contributed by atoms with van der Waals surface area (Å²) in [5.74, 6) is -0.589. The summed E-state index contributed by atoms with van der Waals surface area (Å²) in [6.07, 6.45) is 0.414. The largest absolute Gasteiger partial charge is 0.482 e. The van der Waals surface area contributed by atoms with Crippen LogP contribution >= 0.6 is 0 Å². The molecule has 1 aliphatic carbocycles. The zero-order valence-corrected chi connectivity index (χ0v) is 19.0. The molecule has 0 fully saturated rings. The van der Waals surface area contributed by atoms with Gasteiger partial charge in [0.2, 0.25) is 0 Å². The van der Waals surface area contributed by atoms with Crippen LogP contribution in [0.25, 0.3) is 0 Å². The van der Waals surface area contributed by atoms with E-state index in [1.165, 1.54) is 4.90 Å². The maximum absolute atomic E-state index is 12.3. The highest BCUT2D eigenvalue weighted by Gasteiger charge is 2.33. The molecule has 3 aromatic rings. The Morgan fingerprint density at radius 2 is 1.71 bits per heavy atom. The van der Waals surface area contributed by atoms with Gasteiger partial charge in [0.15, 0.2) is 6.61 Å². The van der Waals surface area contributed by atoms with Gasteiger partial charge in [-0.05, 0) is 59.7 Å². The van der Waals surface area contributed by atoms with E-state index in [1.807, 2.05) is 54.6 Å². The molecule has 34 heavy (non-hydrogen) atoms. The molecule has 0 spiro atoms. The predicted octanol–water partition coefficient (Wildman–Crippen LogP) is 6.36. The van der Waals surface area contributed by atoms with Gasteiger partial charge in [-0.1, -0.05) is 67.6 Å². The topological polar surface area (TPSA) is 87.1 Å². The molecule has 2 N–H and O–H groups in total. The second kappa shape index (κ2) is 9.83. The van der Waals surface area contributed by atoms with Crippen LogP contribution in [0.4, 0.5) is 16.2 Å². The van der Waals surface area contributed by atoms with Crippen LogP contribution < -0.4 is 9.64 Å². The Hall–Kier alpha value is -4.06. The Morgan fingerprint density at radius 3 is 2.41 bits per heavy atom. The fraction of sp³-hybridized carbons (Fsp3) is 0.214. The van der Waals surface area contributed by atoms with Crippen molar-refractivity contribution in [2.24, 2.45) is 0 Å². The lowest BCUT2D eigenvalue weighted by Crippen LogP contribution is -2.26. The van der Waals surface area contributed by atoms with Gasteiger partial charge in [-0.25, -0.2) is 14.5 Å². The Kier molecular flexibility index (Phi) is 6.68. The molecule has 1 aliphatic rings. The van der Waals surface area contributed by atoms with Crippen molar-refractivity contribution in [2.45, 2.75) is 31.6 Å². The van der Waals surface area contributed by atoms with Gasteiger partial charge in [-0.2, -0.15) is 0 Å². The van der Waals surface area contributed by atoms with Gasteiger partial charge in [-0.3, -0.25) is 0 Å². The van der Waals surface area contributed by atoms with E-state index in [-0.39, 0.29) is 11.8 Å². The number of anilines is 2. The standard InChI is InChI=1S/C28H27NO5/c1-18-15-16-22-23(12-8-14-25(22)34-17-26(30)31)27(18)19(2)21-11-6-7-13-24(21)29(28(32)33)20-9-4-3-5-10-20/h3-14,19,27H,1,15-17H2,2H3,(H,30,31)(H,32,33). The van der Waals surface area contributed by atoms with E-state index in [9.17, 15) is 14.7 Å². The summed E-state index contributed by atoms with van der Waals surface area (Å²) in [5.41, 5.74) is 5.16. The summed E-state index contributed by atoms with van der Waals surface area (Å²) >= 11 is 0. The zero-order chi connectivity index (χ0) is 24.2. The molecule has 0 bridgehead atoms. The first-order valence-electron chi connectivity index (χ1n) is 11.2. The van der Waals surface area contributed by atoms with Crippen LogP contribution in [0.2, 0.25) is 0 Å². The van der Waals surface area contributed by atoms with Gasteiger partial charge in [-0.15, -0.1) is 0 Å². The van der Waals surface area contributed by atoms with Crippen LogP contribution in [0.3, 0.4) is 0 Å². The molecule has 2 unspecified atom stereocenters. The lowest BCUT2D eigenvalue weighted by atomic mass is 9.71. The fourth-order valence-electron chi connectivity index (χ4n) is 4.89. The molecule has 6 heteroatoms. The average Bonchev–Trinajstić information content (AvgIpc) is 2.83. The molecule has 0 saturated carbocycles. The predicted molar refractivity (Wildman–Crippen MR) is 131 cm³/mol. The minimum atomic E-state index is -1.06. The maximum atomic E-state index is 12.3. The number of amides is 1. The number of rotatable bonds is 7. The van der Waals surface area contributed by atoms with Crippen molar-refractivity contribution in [3.05, 3.63) is 102 Å². The number of para-hydroxylation sites is 2. The molecular weight excluding hydrogens is 430 g/mol. The van der Waals surface area contributed by atoms with E-state index in [0.29, 0.717) is 17.1 Å². The Bertz CT molecular complexity index is 1220. The number of hydrogen-bond donors (Lipinski definition) is 2. The number of carbonyl (C=O) groups is 2. The van der Waals surface area contributed by atoms with E-state index in [0.717, 1.165) is 35.1 Å². The number of allylic oxidation sites excluding steroid dienone is 1. The number of carboxylic acids is 1. The van der Waals surface area contributed by atoms with Gasteiger partial charge in [0.25, 0.3) is 0 Å². The second-order valence-corrected chi connectivity index (χ2v) is 8.44. The minimum absolute atomic E-state index is 0.0651. The SMILES string of the molecule is C=C1CCc2c(OCC(=O)O)cccc2C1C(C)c1ccccc1N(C(=O)O)c1ccccc1. The van der Waals surface area contributed by atoms with Crippen LogP contribution in [-0.2, 0) is 11.2 Å². The number of nitrogens with zero attached hydrogens (tertiary/aromatic N) is 1. The third-order valence-corrected chi connectivity index (χ3v) is 6.37. The molecule has 6 nitrogen and oxygen atoms in total. The van der Waals surface area contributed by atoms with Crippen molar-refractivity contribution >= 4 is 23.4 Å². The van der Waals surface area contributed by atoms with Crippen molar-refractivity contribution in [1.29, 1.82) is 0 Å². The quantitative estimate of drug-likeness (QED) is 0.403. The number of carboxylic acid groups (broad SMARTS) is 2. The third kappa shape index (κ3) is 4.53. The highest BCUT2D eigenvalue weighted by molar-refractivity contribution is 5.95. The number of benzene rings is 3. The molecule has 0 aliphatic heterocycles. The van der Waals surface area contributed by atoms with Crippen LogP contribution in [0.15, 0.2) is 84.9 Å². The van der Waals surface area contributed by atoms with E-state index < -0.39 is 18.7 Å². The summed E-state index contributed by atoms with van der Waals surface area (Å²) in [5, 5.41) is 19.1. The van der Waals surface area contributed by atoms with Crippen molar-refractivity contribution in [2.75, 3.05) is 11.5 Å². The molecule has 1 amide bonds. The monoisotopic (exact) mass is 457 g/mol. The fourth-order valence-corrected chi connectivity index (χ4v) is 4.89. The number of fused-ring (bicyclic) bond motifs is 1. The smallest absolute Gasteiger partial charge is 0.416 e. The second-order valence-electron chi connectivity index (χ2n) is 8.44. The van der Waals surface area contributed by atoms with Gasteiger partial charge in [0.1, 0.15) is 5.75 Å². The molecule has 3 aromatic carbocycles. The van der Waals surface area contributed by atoms with Crippen LogP contribution in [0, 0.1) is 0 Å². The minimum Gasteiger partial charge on any atom is -0.482 e. The van der Waals surface area contributed by atoms with Gasteiger partial charge >= 0.3 is 12.1 Å². The summed E-state index contributed by atoms with van der Waals surface area (Å²) in [6.45, 7) is 6.03. The first-order chi connectivity index (χ1) is 16.4. The zero-order valence-electron chi connectivity index (χ0n) is 19.0. The van der Waals surface area contributed by atoms with Crippen molar-refractivity contribution in [3.63, 3.8) is 0 Å². The van der Waals surface area contributed by atoms with Crippen LogP contribution in [0.5, 0.6) is 5.75 Å². The van der Waals surface area contributed by atoms with Crippen molar-refractivity contribution < 1.29 is 24.5 Å². The Balaban J connectivity index is 1.77. The van der Waals surface area contributed by atoms with Crippen molar-refractivity contribution in [1.82, 2.24) is 0 Å². The molecule has 0 aromatic heterocycles. The van der Waals surface area contributed by atoms with E-state index >= 15 is 0 Å². The highest BCUT2D eigenvalue weighted by atomic mass is 16.5. The van der Waals surface area contributed by atoms with Crippen LogP contribution in [0.1, 0.15) is 41.9 Å². The molecule has 0 radical (unpaired) electrons. The van der Waals surface area contributed by atoms with Crippen LogP contribution in [-0.4, -0.2) is 28.9 Å². The Labute approximate surface area is 198 Å². The summed E-state index contributed by atoms with van der Waals surface area (Å²) in [4.78, 5) is 24.7. The molecular formula is C28H27NO5. The average molecular weight is 458 g/mol. The van der Waals surface area contributed by atoms with Gasteiger partial charge in [0.05, 0.1) is 11.4 Å². The summed E-state index contributed by atoms with van der Waals surface area (Å²) in [6, 6.07) is 22.3. The third-order valence-electron chi connectivity index (χ3n) is 6.37. The lowest BCUT2D eigenvalue weighted by molar-refractivity contribution is -0.139. The molecule has 2 atom stereocenters. The van der Waals surface area contributed by atoms with E-state index in [2.05, 4.69) is 13.5 Å².